The zero-order valence-electron chi connectivity index (χ0n) is 11.5. The van der Waals surface area contributed by atoms with Crippen LogP contribution in [0.2, 0.25) is 0 Å². The van der Waals surface area contributed by atoms with Crippen molar-refractivity contribution in [3.8, 4) is 0 Å². The molecule has 0 unspecified atom stereocenters. The van der Waals surface area contributed by atoms with Crippen molar-refractivity contribution in [2.24, 2.45) is 4.99 Å². The van der Waals surface area contributed by atoms with Crippen molar-refractivity contribution in [2.45, 2.75) is 6.92 Å². The lowest BCUT2D eigenvalue weighted by Crippen LogP contribution is -2.32. The van der Waals surface area contributed by atoms with Crippen molar-refractivity contribution in [2.75, 3.05) is 20.2 Å². The lowest BCUT2D eigenvalue weighted by atomic mass is 10.1. The van der Waals surface area contributed by atoms with E-state index in [2.05, 4.69) is 9.73 Å². The van der Waals surface area contributed by atoms with E-state index < -0.39 is 16.8 Å². The first-order valence-corrected chi connectivity index (χ1v) is 6.14. The monoisotopic (exact) mass is 291 g/mol. The van der Waals surface area contributed by atoms with Crippen molar-refractivity contribution in [1.29, 1.82) is 0 Å². The number of amidine groups is 1. The Bertz CT molecular complexity index is 653. The molecule has 2 rings (SSSR count). The minimum atomic E-state index is -0.737. The molecule has 0 bridgehead atoms. The molecule has 0 saturated heterocycles. The second-order valence-corrected chi connectivity index (χ2v) is 4.40. The second kappa shape index (κ2) is 5.70. The number of ether oxygens (including phenoxy) is 1. The van der Waals surface area contributed by atoms with Crippen LogP contribution in [0.4, 0.5) is 5.69 Å². The smallest absolute Gasteiger partial charge is 0.338 e. The van der Waals surface area contributed by atoms with Gasteiger partial charge in [0.25, 0.3) is 11.6 Å². The van der Waals surface area contributed by atoms with Gasteiger partial charge in [-0.15, -0.1) is 0 Å². The molecular weight excluding hydrogens is 278 g/mol. The van der Waals surface area contributed by atoms with Gasteiger partial charge in [-0.25, -0.2) is 4.79 Å². The molecule has 8 nitrogen and oxygen atoms in total. The molecule has 0 N–H and O–H groups in total. The third-order valence-electron chi connectivity index (χ3n) is 3.10. The lowest BCUT2D eigenvalue weighted by Gasteiger charge is -2.16. The van der Waals surface area contributed by atoms with Gasteiger partial charge >= 0.3 is 5.97 Å². The third kappa shape index (κ3) is 2.88. The molecule has 1 aliphatic rings. The van der Waals surface area contributed by atoms with E-state index in [0.29, 0.717) is 18.9 Å². The average molecular weight is 291 g/mol. The standard InChI is InChI=1S/C13H13N3O5/c1-8-14-3-4-15(8)12(17)9-5-10(13(18)21-2)7-11(6-9)16(19)20/h5-7H,3-4H2,1-2H3. The minimum Gasteiger partial charge on any atom is -0.465 e. The van der Waals surface area contributed by atoms with Gasteiger partial charge in [0.05, 0.1) is 24.1 Å². The van der Waals surface area contributed by atoms with E-state index in [4.69, 9.17) is 0 Å². The van der Waals surface area contributed by atoms with Crippen LogP contribution in [0, 0.1) is 10.1 Å². The predicted octanol–water partition coefficient (Wildman–Crippen LogP) is 1.26. The topological polar surface area (TPSA) is 102 Å². The number of nitro benzene ring substituents is 1. The number of nitro groups is 1. The molecule has 1 aromatic rings. The van der Waals surface area contributed by atoms with Gasteiger partial charge in [-0.2, -0.15) is 0 Å². The van der Waals surface area contributed by atoms with Crippen LogP contribution < -0.4 is 0 Å². The number of aliphatic imine (C=N–C) groups is 1. The van der Waals surface area contributed by atoms with E-state index in [1.54, 1.807) is 6.92 Å². The van der Waals surface area contributed by atoms with Crippen LogP contribution in [0.3, 0.4) is 0 Å². The second-order valence-electron chi connectivity index (χ2n) is 4.40. The van der Waals surface area contributed by atoms with Crippen LogP contribution in [0.5, 0.6) is 0 Å². The largest absolute Gasteiger partial charge is 0.465 e. The molecule has 0 fully saturated rings. The Labute approximate surface area is 120 Å². The maximum atomic E-state index is 12.4. The molecule has 8 heteroatoms. The van der Waals surface area contributed by atoms with Gasteiger partial charge in [0.1, 0.15) is 5.84 Å². The number of methoxy groups -OCH3 is 1. The van der Waals surface area contributed by atoms with Crippen LogP contribution in [0.25, 0.3) is 0 Å². The summed E-state index contributed by atoms with van der Waals surface area (Å²) >= 11 is 0. The van der Waals surface area contributed by atoms with Gasteiger partial charge in [0, 0.05) is 24.2 Å². The maximum absolute atomic E-state index is 12.4. The molecule has 0 spiro atoms. The maximum Gasteiger partial charge on any atom is 0.338 e. The van der Waals surface area contributed by atoms with Gasteiger partial charge in [-0.05, 0) is 13.0 Å². The third-order valence-corrected chi connectivity index (χ3v) is 3.10. The summed E-state index contributed by atoms with van der Waals surface area (Å²) in [6.07, 6.45) is 0. The molecule has 21 heavy (non-hydrogen) atoms. The lowest BCUT2D eigenvalue weighted by molar-refractivity contribution is -0.384. The number of esters is 1. The highest BCUT2D eigenvalue weighted by molar-refractivity contribution is 6.07. The number of rotatable bonds is 3. The van der Waals surface area contributed by atoms with E-state index >= 15 is 0 Å². The van der Waals surface area contributed by atoms with Crippen molar-refractivity contribution >= 4 is 23.4 Å². The number of benzene rings is 1. The van der Waals surface area contributed by atoms with E-state index in [0.717, 1.165) is 12.1 Å². The van der Waals surface area contributed by atoms with Gasteiger partial charge in [-0.3, -0.25) is 24.8 Å². The first kappa shape index (κ1) is 14.6. The Morgan fingerprint density at radius 2 is 2.00 bits per heavy atom. The van der Waals surface area contributed by atoms with Crippen molar-refractivity contribution in [1.82, 2.24) is 4.90 Å². The van der Waals surface area contributed by atoms with Gasteiger partial charge in [0.15, 0.2) is 0 Å². The fourth-order valence-electron chi connectivity index (χ4n) is 2.04. The summed E-state index contributed by atoms with van der Waals surface area (Å²) in [5, 5.41) is 10.9. The van der Waals surface area contributed by atoms with Gasteiger partial charge < -0.3 is 4.74 Å². The van der Waals surface area contributed by atoms with Crippen LogP contribution in [0.15, 0.2) is 23.2 Å². The van der Waals surface area contributed by atoms with Crippen LogP contribution >= 0.6 is 0 Å². The highest BCUT2D eigenvalue weighted by atomic mass is 16.6. The number of non-ortho nitro benzene ring substituents is 1. The molecule has 0 aliphatic carbocycles. The molecule has 0 aromatic heterocycles. The van der Waals surface area contributed by atoms with E-state index in [1.165, 1.54) is 18.1 Å². The van der Waals surface area contributed by atoms with Crippen molar-refractivity contribution < 1.29 is 19.2 Å². The molecule has 0 radical (unpaired) electrons. The number of amides is 1. The normalized spacial score (nSPS) is 13.8. The summed E-state index contributed by atoms with van der Waals surface area (Å²) < 4.78 is 4.54. The number of hydrogen-bond donors (Lipinski definition) is 0. The van der Waals surface area contributed by atoms with E-state index in [-0.39, 0.29) is 16.8 Å². The number of carbonyl (C=O) groups is 2. The number of carbonyl (C=O) groups excluding carboxylic acids is 2. The Morgan fingerprint density at radius 1 is 1.33 bits per heavy atom. The fourth-order valence-corrected chi connectivity index (χ4v) is 2.04. The minimum absolute atomic E-state index is 0.0381. The Kier molecular flexibility index (Phi) is 3.97. The molecule has 1 aromatic carbocycles. The number of hydrogen-bond acceptors (Lipinski definition) is 6. The molecule has 1 heterocycles. The molecule has 0 saturated carbocycles. The van der Waals surface area contributed by atoms with Crippen LogP contribution in [0.1, 0.15) is 27.6 Å². The van der Waals surface area contributed by atoms with Crippen LogP contribution in [-0.2, 0) is 4.74 Å². The molecule has 0 atom stereocenters. The van der Waals surface area contributed by atoms with Gasteiger partial charge in [-0.1, -0.05) is 0 Å². The number of nitrogens with zero attached hydrogens (tertiary/aromatic N) is 3. The Morgan fingerprint density at radius 3 is 2.52 bits per heavy atom. The molecule has 110 valence electrons. The highest BCUT2D eigenvalue weighted by Crippen LogP contribution is 2.20. The van der Waals surface area contributed by atoms with Crippen molar-refractivity contribution in [3.05, 3.63) is 39.4 Å². The Balaban J connectivity index is 2.45. The first-order valence-electron chi connectivity index (χ1n) is 6.14. The summed E-state index contributed by atoms with van der Waals surface area (Å²) in [4.78, 5) is 39.7. The average Bonchev–Trinajstić information content (AvgIpc) is 2.91. The zero-order chi connectivity index (χ0) is 15.6. The Hall–Kier alpha value is -2.77. The SMILES string of the molecule is COC(=O)c1cc(C(=O)N2CCN=C2C)cc([N+](=O)[O-])c1. The summed E-state index contributed by atoms with van der Waals surface area (Å²) in [6, 6.07) is 3.50. The van der Waals surface area contributed by atoms with Crippen molar-refractivity contribution in [3.63, 3.8) is 0 Å². The summed E-state index contributed by atoms with van der Waals surface area (Å²) in [5.41, 5.74) is -0.320. The quantitative estimate of drug-likeness (QED) is 0.474. The molecule has 1 aliphatic heterocycles. The summed E-state index contributed by atoms with van der Waals surface area (Å²) in [6.45, 7) is 2.60. The predicted molar refractivity (Wildman–Crippen MR) is 73.4 cm³/mol. The fraction of sp³-hybridized carbons (Fsp3) is 0.308. The van der Waals surface area contributed by atoms with E-state index in [9.17, 15) is 19.7 Å². The van der Waals surface area contributed by atoms with Gasteiger partial charge in [0.2, 0.25) is 0 Å². The first-order chi connectivity index (χ1) is 9.93. The highest BCUT2D eigenvalue weighted by Gasteiger charge is 2.25. The summed E-state index contributed by atoms with van der Waals surface area (Å²) in [5.74, 6) is -0.617. The zero-order valence-corrected chi connectivity index (χ0v) is 11.5. The van der Waals surface area contributed by atoms with E-state index in [1.807, 2.05) is 0 Å². The molecule has 1 amide bonds. The summed E-state index contributed by atoms with van der Waals surface area (Å²) in [7, 11) is 1.17. The van der Waals surface area contributed by atoms with Crippen LogP contribution in [-0.4, -0.2) is 47.7 Å². The molecular formula is C13H13N3O5.